The average molecular weight is 348 g/mol. The summed E-state index contributed by atoms with van der Waals surface area (Å²) in [4.78, 5) is 15.8. The lowest BCUT2D eigenvalue weighted by Gasteiger charge is -2.16. The highest BCUT2D eigenvalue weighted by Crippen LogP contribution is 2.27. The topological polar surface area (TPSA) is 69.0 Å². The fourth-order valence-corrected chi connectivity index (χ4v) is 3.32. The molecule has 1 aromatic carbocycles. The molecule has 1 aliphatic rings. The molecule has 0 aliphatic carbocycles. The largest absolute Gasteiger partial charge is 0.465 e. The highest BCUT2D eigenvalue weighted by molar-refractivity contribution is 5.89. The van der Waals surface area contributed by atoms with Gasteiger partial charge in [0.25, 0.3) is 0 Å². The Kier molecular flexibility index (Phi) is 4.50. The molecular formula is C20H20N4O2. The summed E-state index contributed by atoms with van der Waals surface area (Å²) >= 11 is 0. The van der Waals surface area contributed by atoms with Crippen LogP contribution in [0.1, 0.15) is 27.2 Å². The number of fused-ring (bicyclic) bond motifs is 1. The van der Waals surface area contributed by atoms with E-state index in [1.54, 1.807) is 18.3 Å². The number of nitrogens with zero attached hydrogens (tertiary/aromatic N) is 3. The molecule has 0 amide bonds. The summed E-state index contributed by atoms with van der Waals surface area (Å²) in [6.07, 6.45) is 4.57. The summed E-state index contributed by atoms with van der Waals surface area (Å²) in [5.74, 6) is -0.321. The SMILES string of the molecule is COC(=O)c1ccc(Cn2nc(-c3cccnc3)c3c2CCNC3)cc1. The number of aromatic nitrogens is 3. The third-order valence-corrected chi connectivity index (χ3v) is 4.65. The van der Waals surface area contributed by atoms with E-state index in [-0.39, 0.29) is 5.97 Å². The van der Waals surface area contributed by atoms with Gasteiger partial charge in [0, 0.05) is 48.7 Å². The Morgan fingerprint density at radius 3 is 2.85 bits per heavy atom. The van der Waals surface area contributed by atoms with E-state index in [2.05, 4.69) is 15.0 Å². The predicted octanol–water partition coefficient (Wildman–Crippen LogP) is 2.43. The van der Waals surface area contributed by atoms with E-state index in [1.165, 1.54) is 18.4 Å². The number of methoxy groups -OCH3 is 1. The van der Waals surface area contributed by atoms with Crippen LogP contribution in [0.4, 0.5) is 0 Å². The van der Waals surface area contributed by atoms with Crippen molar-refractivity contribution in [3.8, 4) is 11.3 Å². The zero-order chi connectivity index (χ0) is 17.9. The van der Waals surface area contributed by atoms with Crippen LogP contribution in [0.3, 0.4) is 0 Å². The van der Waals surface area contributed by atoms with Gasteiger partial charge in [0.1, 0.15) is 0 Å². The van der Waals surface area contributed by atoms with Crippen LogP contribution in [0.2, 0.25) is 0 Å². The van der Waals surface area contributed by atoms with E-state index in [9.17, 15) is 4.79 Å². The van der Waals surface area contributed by atoms with E-state index in [4.69, 9.17) is 9.84 Å². The number of nitrogens with one attached hydrogen (secondary N) is 1. The van der Waals surface area contributed by atoms with Crippen molar-refractivity contribution in [2.24, 2.45) is 0 Å². The number of ether oxygens (including phenoxy) is 1. The maximum absolute atomic E-state index is 11.6. The molecule has 2 aromatic heterocycles. The van der Waals surface area contributed by atoms with Crippen molar-refractivity contribution in [2.45, 2.75) is 19.5 Å². The third kappa shape index (κ3) is 3.11. The molecule has 3 aromatic rings. The van der Waals surface area contributed by atoms with E-state index >= 15 is 0 Å². The minimum Gasteiger partial charge on any atom is -0.465 e. The maximum Gasteiger partial charge on any atom is 0.337 e. The van der Waals surface area contributed by atoms with Gasteiger partial charge in [-0.3, -0.25) is 9.67 Å². The Balaban J connectivity index is 1.66. The van der Waals surface area contributed by atoms with Crippen LogP contribution in [0.5, 0.6) is 0 Å². The molecular weight excluding hydrogens is 328 g/mol. The van der Waals surface area contributed by atoms with Gasteiger partial charge >= 0.3 is 5.97 Å². The van der Waals surface area contributed by atoms with Crippen LogP contribution in [0.25, 0.3) is 11.3 Å². The number of hydrogen-bond acceptors (Lipinski definition) is 5. The molecule has 0 fully saturated rings. The number of rotatable bonds is 4. The second kappa shape index (κ2) is 7.09. The highest BCUT2D eigenvalue weighted by Gasteiger charge is 2.21. The smallest absolute Gasteiger partial charge is 0.337 e. The first kappa shape index (κ1) is 16.5. The number of benzene rings is 1. The van der Waals surface area contributed by atoms with Gasteiger partial charge in [-0.25, -0.2) is 4.79 Å². The van der Waals surface area contributed by atoms with Crippen molar-refractivity contribution in [3.05, 3.63) is 71.2 Å². The number of pyridine rings is 1. The molecule has 0 radical (unpaired) electrons. The molecule has 0 spiro atoms. The lowest BCUT2D eigenvalue weighted by molar-refractivity contribution is 0.0600. The van der Waals surface area contributed by atoms with Gasteiger partial charge in [-0.15, -0.1) is 0 Å². The number of esters is 1. The Hall–Kier alpha value is -2.99. The molecule has 132 valence electrons. The Morgan fingerprint density at radius 1 is 1.27 bits per heavy atom. The first-order chi connectivity index (χ1) is 12.8. The minimum absolute atomic E-state index is 0.321. The summed E-state index contributed by atoms with van der Waals surface area (Å²) < 4.78 is 6.83. The lowest BCUT2D eigenvalue weighted by atomic mass is 10.0. The molecule has 0 atom stereocenters. The highest BCUT2D eigenvalue weighted by atomic mass is 16.5. The van der Waals surface area contributed by atoms with Gasteiger partial charge in [0.05, 0.1) is 24.9 Å². The van der Waals surface area contributed by atoms with Crippen LogP contribution >= 0.6 is 0 Å². The van der Waals surface area contributed by atoms with Gasteiger partial charge in [-0.2, -0.15) is 5.10 Å². The number of carbonyl (C=O) groups excluding carboxylic acids is 1. The average Bonchev–Trinajstić information content (AvgIpc) is 3.07. The molecule has 3 heterocycles. The van der Waals surface area contributed by atoms with Crippen LogP contribution in [-0.4, -0.2) is 34.4 Å². The fraction of sp³-hybridized carbons (Fsp3) is 0.250. The summed E-state index contributed by atoms with van der Waals surface area (Å²) in [7, 11) is 1.39. The molecule has 1 N–H and O–H groups in total. The Morgan fingerprint density at radius 2 is 2.12 bits per heavy atom. The van der Waals surface area contributed by atoms with E-state index in [0.717, 1.165) is 36.3 Å². The predicted molar refractivity (Wildman–Crippen MR) is 97.8 cm³/mol. The third-order valence-electron chi connectivity index (χ3n) is 4.65. The quantitative estimate of drug-likeness (QED) is 0.734. The van der Waals surface area contributed by atoms with Crippen molar-refractivity contribution in [2.75, 3.05) is 13.7 Å². The van der Waals surface area contributed by atoms with E-state index < -0.39 is 0 Å². The first-order valence-corrected chi connectivity index (χ1v) is 8.63. The molecule has 0 saturated heterocycles. The van der Waals surface area contributed by atoms with Crippen LogP contribution < -0.4 is 5.32 Å². The summed E-state index contributed by atoms with van der Waals surface area (Å²) in [5, 5.41) is 8.31. The second-order valence-corrected chi connectivity index (χ2v) is 6.29. The zero-order valence-electron chi connectivity index (χ0n) is 14.6. The molecule has 4 rings (SSSR count). The Labute approximate surface area is 151 Å². The summed E-state index contributed by atoms with van der Waals surface area (Å²) in [6, 6.07) is 11.5. The minimum atomic E-state index is -0.321. The molecule has 6 nitrogen and oxygen atoms in total. The number of hydrogen-bond donors (Lipinski definition) is 1. The zero-order valence-corrected chi connectivity index (χ0v) is 14.6. The van der Waals surface area contributed by atoms with Crippen molar-refractivity contribution in [3.63, 3.8) is 0 Å². The van der Waals surface area contributed by atoms with Gasteiger partial charge in [0.2, 0.25) is 0 Å². The van der Waals surface area contributed by atoms with Gasteiger partial charge < -0.3 is 10.1 Å². The van der Waals surface area contributed by atoms with Crippen molar-refractivity contribution in [1.29, 1.82) is 0 Å². The Bertz CT molecular complexity index is 917. The summed E-state index contributed by atoms with van der Waals surface area (Å²) in [5.41, 5.74) is 6.19. The molecule has 0 unspecified atom stereocenters. The number of carbonyl (C=O) groups is 1. The molecule has 6 heteroatoms. The van der Waals surface area contributed by atoms with E-state index in [0.29, 0.717) is 12.1 Å². The van der Waals surface area contributed by atoms with Gasteiger partial charge in [-0.1, -0.05) is 12.1 Å². The maximum atomic E-state index is 11.6. The molecule has 0 bridgehead atoms. The normalized spacial score (nSPS) is 13.3. The van der Waals surface area contributed by atoms with E-state index in [1.807, 2.05) is 30.5 Å². The van der Waals surface area contributed by atoms with Crippen LogP contribution in [-0.2, 0) is 24.2 Å². The summed E-state index contributed by atoms with van der Waals surface area (Å²) in [6.45, 7) is 2.44. The standard InChI is InChI=1S/C20H20N4O2/c1-26-20(25)15-6-4-14(5-7-15)13-24-18-8-10-22-12-17(18)19(23-24)16-3-2-9-21-11-16/h2-7,9,11,22H,8,10,12-13H2,1H3. The van der Waals surface area contributed by atoms with Gasteiger partial charge in [0.15, 0.2) is 0 Å². The fourth-order valence-electron chi connectivity index (χ4n) is 3.32. The molecule has 0 saturated carbocycles. The van der Waals surface area contributed by atoms with Crippen molar-refractivity contribution in [1.82, 2.24) is 20.1 Å². The monoisotopic (exact) mass is 348 g/mol. The van der Waals surface area contributed by atoms with Gasteiger partial charge in [-0.05, 0) is 29.8 Å². The first-order valence-electron chi connectivity index (χ1n) is 8.63. The second-order valence-electron chi connectivity index (χ2n) is 6.29. The molecule has 26 heavy (non-hydrogen) atoms. The van der Waals surface area contributed by atoms with Crippen LogP contribution in [0, 0.1) is 0 Å². The van der Waals surface area contributed by atoms with Crippen molar-refractivity contribution >= 4 is 5.97 Å². The van der Waals surface area contributed by atoms with Crippen LogP contribution in [0.15, 0.2) is 48.8 Å². The molecule has 1 aliphatic heterocycles. The lowest BCUT2D eigenvalue weighted by Crippen LogP contribution is -2.25. The van der Waals surface area contributed by atoms with Crippen molar-refractivity contribution < 1.29 is 9.53 Å².